The molecule has 0 spiro atoms. The molecule has 4 N–H and O–H groups in total. The Labute approximate surface area is 107 Å². The van der Waals surface area contributed by atoms with Crippen molar-refractivity contribution in [3.8, 4) is 0 Å². The molecule has 6 heteroatoms. The number of amides is 1. The van der Waals surface area contributed by atoms with E-state index in [1.54, 1.807) is 11.6 Å². The van der Waals surface area contributed by atoms with E-state index in [1.807, 2.05) is 14.1 Å². The topological polar surface area (TPSA) is 90.2 Å². The highest BCUT2D eigenvalue weighted by atomic mass is 16.1. The van der Waals surface area contributed by atoms with E-state index in [0.29, 0.717) is 23.7 Å². The van der Waals surface area contributed by atoms with Crippen LogP contribution in [0.1, 0.15) is 28.9 Å². The predicted molar refractivity (Wildman–Crippen MR) is 70.4 cm³/mol. The van der Waals surface area contributed by atoms with Gasteiger partial charge in [-0.15, -0.1) is 0 Å². The van der Waals surface area contributed by atoms with E-state index >= 15 is 0 Å². The number of rotatable bonds is 5. The third kappa shape index (κ3) is 2.08. The van der Waals surface area contributed by atoms with Gasteiger partial charge in [0.15, 0.2) is 0 Å². The highest BCUT2D eigenvalue weighted by molar-refractivity contribution is 5.99. The molecule has 0 saturated heterocycles. The number of anilines is 1. The first-order chi connectivity index (χ1) is 8.47. The van der Waals surface area contributed by atoms with Crippen LogP contribution in [0.3, 0.4) is 0 Å². The van der Waals surface area contributed by atoms with Crippen LogP contribution in [-0.2, 0) is 7.05 Å². The summed E-state index contributed by atoms with van der Waals surface area (Å²) in [5, 5.41) is 4.28. The zero-order valence-corrected chi connectivity index (χ0v) is 11.2. The monoisotopic (exact) mass is 251 g/mol. The number of nitrogens with zero attached hydrogens (tertiary/aromatic N) is 3. The minimum absolute atomic E-state index is 0.248. The van der Waals surface area contributed by atoms with Crippen molar-refractivity contribution in [3.63, 3.8) is 0 Å². The minimum Gasteiger partial charge on any atom is -0.365 e. The second-order valence-electron chi connectivity index (χ2n) is 5.02. The van der Waals surface area contributed by atoms with Crippen LogP contribution in [0.15, 0.2) is 0 Å². The molecule has 1 aromatic heterocycles. The molecule has 1 aliphatic rings. The number of aromatic nitrogens is 2. The molecule has 1 atom stereocenters. The third-order valence-electron chi connectivity index (χ3n) is 3.68. The van der Waals surface area contributed by atoms with Gasteiger partial charge in [-0.05, 0) is 25.7 Å². The van der Waals surface area contributed by atoms with Gasteiger partial charge in [0.1, 0.15) is 11.4 Å². The van der Waals surface area contributed by atoms with Crippen LogP contribution >= 0.6 is 0 Å². The zero-order chi connectivity index (χ0) is 13.4. The van der Waals surface area contributed by atoms with E-state index in [1.165, 1.54) is 12.8 Å². The van der Waals surface area contributed by atoms with Gasteiger partial charge in [-0.25, -0.2) is 0 Å². The fourth-order valence-electron chi connectivity index (χ4n) is 2.64. The summed E-state index contributed by atoms with van der Waals surface area (Å²) >= 11 is 0. The van der Waals surface area contributed by atoms with Gasteiger partial charge in [0.25, 0.3) is 5.91 Å². The number of carbonyl (C=O) groups excluding carboxylic acids is 1. The van der Waals surface area contributed by atoms with Crippen LogP contribution in [0.4, 0.5) is 5.82 Å². The number of aryl methyl sites for hydroxylation is 2. The lowest BCUT2D eigenvalue weighted by molar-refractivity contribution is 0.1000. The third-order valence-corrected chi connectivity index (χ3v) is 3.68. The van der Waals surface area contributed by atoms with Gasteiger partial charge in [0.2, 0.25) is 0 Å². The molecular formula is C12H21N5O. The van der Waals surface area contributed by atoms with Crippen molar-refractivity contribution in [3.05, 3.63) is 11.3 Å². The summed E-state index contributed by atoms with van der Waals surface area (Å²) in [6.07, 6.45) is 2.41. The van der Waals surface area contributed by atoms with Crippen LogP contribution in [0.25, 0.3) is 0 Å². The van der Waals surface area contributed by atoms with Crippen molar-refractivity contribution in [2.45, 2.75) is 25.8 Å². The Morgan fingerprint density at radius 1 is 1.61 bits per heavy atom. The maximum Gasteiger partial charge on any atom is 0.254 e. The first-order valence-corrected chi connectivity index (χ1v) is 6.23. The largest absolute Gasteiger partial charge is 0.365 e. The van der Waals surface area contributed by atoms with E-state index in [2.05, 4.69) is 10.00 Å². The van der Waals surface area contributed by atoms with Gasteiger partial charge in [0, 0.05) is 26.7 Å². The van der Waals surface area contributed by atoms with Crippen LogP contribution in [-0.4, -0.2) is 35.3 Å². The lowest BCUT2D eigenvalue weighted by atomic mass is 10.1. The van der Waals surface area contributed by atoms with Crippen molar-refractivity contribution in [2.75, 3.05) is 18.5 Å². The van der Waals surface area contributed by atoms with E-state index < -0.39 is 5.91 Å². The Morgan fingerprint density at radius 2 is 2.22 bits per heavy atom. The number of carbonyl (C=O) groups is 1. The van der Waals surface area contributed by atoms with Gasteiger partial charge in [-0.3, -0.25) is 9.48 Å². The Balaban J connectivity index is 2.39. The Bertz CT molecular complexity index is 463. The lowest BCUT2D eigenvalue weighted by Crippen LogP contribution is -2.41. The summed E-state index contributed by atoms with van der Waals surface area (Å²) in [5.41, 5.74) is 12.5. The number of hydrogen-bond acceptors (Lipinski definition) is 4. The molecule has 100 valence electrons. The summed E-state index contributed by atoms with van der Waals surface area (Å²) < 4.78 is 1.71. The average molecular weight is 251 g/mol. The minimum atomic E-state index is -0.436. The van der Waals surface area contributed by atoms with E-state index in [9.17, 15) is 4.79 Å². The molecule has 2 rings (SSSR count). The molecule has 18 heavy (non-hydrogen) atoms. The smallest absolute Gasteiger partial charge is 0.254 e. The van der Waals surface area contributed by atoms with Gasteiger partial charge < -0.3 is 16.4 Å². The quantitative estimate of drug-likeness (QED) is 0.770. The maximum absolute atomic E-state index is 11.6. The van der Waals surface area contributed by atoms with Crippen LogP contribution in [0.2, 0.25) is 0 Å². The molecule has 1 fully saturated rings. The van der Waals surface area contributed by atoms with E-state index in [4.69, 9.17) is 11.5 Å². The van der Waals surface area contributed by atoms with E-state index in [-0.39, 0.29) is 6.04 Å². The second kappa shape index (κ2) is 4.61. The van der Waals surface area contributed by atoms with E-state index in [0.717, 1.165) is 5.82 Å². The average Bonchev–Trinajstić information content (AvgIpc) is 3.04. The molecule has 1 aromatic rings. The molecule has 1 saturated carbocycles. The predicted octanol–water partition coefficient (Wildman–Crippen LogP) is 0.000920. The lowest BCUT2D eigenvalue weighted by Gasteiger charge is -2.29. The molecular weight excluding hydrogens is 230 g/mol. The molecule has 0 radical (unpaired) electrons. The van der Waals surface area contributed by atoms with Crippen LogP contribution in [0, 0.1) is 12.8 Å². The van der Waals surface area contributed by atoms with Crippen molar-refractivity contribution < 1.29 is 4.79 Å². The summed E-state index contributed by atoms with van der Waals surface area (Å²) in [4.78, 5) is 13.6. The van der Waals surface area contributed by atoms with Crippen LogP contribution in [0.5, 0.6) is 0 Å². The highest BCUT2D eigenvalue weighted by Crippen LogP contribution is 2.37. The van der Waals surface area contributed by atoms with Crippen LogP contribution < -0.4 is 16.4 Å². The first kappa shape index (κ1) is 12.9. The number of nitrogens with two attached hydrogens (primary N) is 2. The van der Waals surface area contributed by atoms with Crippen molar-refractivity contribution in [2.24, 2.45) is 24.4 Å². The summed E-state index contributed by atoms with van der Waals surface area (Å²) in [6.45, 7) is 2.37. The molecule has 0 bridgehead atoms. The standard InChI is InChI=1S/C12H21N5O/c1-7-10(11(14)18)12(17(3)15-7)16(2)9(6-13)8-4-5-8/h8-9H,4-6,13H2,1-3H3,(H2,14,18). The summed E-state index contributed by atoms with van der Waals surface area (Å²) in [6, 6.07) is 0.248. The summed E-state index contributed by atoms with van der Waals surface area (Å²) in [7, 11) is 3.78. The normalized spacial score (nSPS) is 16.7. The van der Waals surface area contributed by atoms with Gasteiger partial charge in [0.05, 0.1) is 5.69 Å². The van der Waals surface area contributed by atoms with Crippen molar-refractivity contribution in [1.29, 1.82) is 0 Å². The molecule has 1 unspecified atom stereocenters. The number of primary amides is 1. The zero-order valence-electron chi connectivity index (χ0n) is 11.2. The summed E-state index contributed by atoms with van der Waals surface area (Å²) in [5.74, 6) is 0.951. The molecule has 1 aliphatic carbocycles. The Morgan fingerprint density at radius 3 is 2.67 bits per heavy atom. The Hall–Kier alpha value is -1.56. The molecule has 0 aliphatic heterocycles. The first-order valence-electron chi connectivity index (χ1n) is 6.23. The van der Waals surface area contributed by atoms with Crippen molar-refractivity contribution >= 4 is 11.7 Å². The van der Waals surface area contributed by atoms with Crippen molar-refractivity contribution in [1.82, 2.24) is 9.78 Å². The number of hydrogen-bond donors (Lipinski definition) is 2. The number of likely N-dealkylation sites (N-methyl/N-ethyl adjacent to an activating group) is 1. The SMILES string of the molecule is Cc1nn(C)c(N(C)C(CN)C2CC2)c1C(N)=O. The molecule has 0 aromatic carbocycles. The maximum atomic E-state index is 11.6. The van der Waals surface area contributed by atoms with Gasteiger partial charge in [-0.2, -0.15) is 5.10 Å². The Kier molecular flexibility index (Phi) is 3.30. The second-order valence-corrected chi connectivity index (χ2v) is 5.02. The highest BCUT2D eigenvalue weighted by Gasteiger charge is 2.35. The molecule has 1 heterocycles. The molecule has 6 nitrogen and oxygen atoms in total. The van der Waals surface area contributed by atoms with Gasteiger partial charge in [-0.1, -0.05) is 0 Å². The fourth-order valence-corrected chi connectivity index (χ4v) is 2.64. The fraction of sp³-hybridized carbons (Fsp3) is 0.667. The molecule has 1 amide bonds. The van der Waals surface area contributed by atoms with Gasteiger partial charge >= 0.3 is 0 Å².